The fourth-order valence-corrected chi connectivity index (χ4v) is 2.95. The zero-order valence-corrected chi connectivity index (χ0v) is 12.4. The molecule has 2 aromatic heterocycles. The molecule has 1 saturated heterocycles. The van der Waals surface area contributed by atoms with Crippen LogP contribution in [0.3, 0.4) is 0 Å². The first-order valence-electron chi connectivity index (χ1n) is 7.05. The lowest BCUT2D eigenvalue weighted by molar-refractivity contribution is -0.0292. The van der Waals surface area contributed by atoms with E-state index in [-0.39, 0.29) is 24.9 Å². The minimum Gasteiger partial charge on any atom is -0.394 e. The van der Waals surface area contributed by atoms with Crippen molar-refractivity contribution in [2.75, 3.05) is 19.2 Å². The molecule has 0 saturated carbocycles. The number of carbonyl (C=O) groups excluding carboxylic acids is 1. The largest absolute Gasteiger partial charge is 0.394 e. The highest BCUT2D eigenvalue weighted by Crippen LogP contribution is 2.37. The van der Waals surface area contributed by atoms with E-state index in [4.69, 9.17) is 9.57 Å². The second-order valence-corrected chi connectivity index (χ2v) is 5.38. The third-order valence-electron chi connectivity index (χ3n) is 3.90. The number of nitrogens with zero attached hydrogens (tertiary/aromatic N) is 3. The minimum atomic E-state index is -0.279. The van der Waals surface area contributed by atoms with Crippen LogP contribution in [0.25, 0.3) is 11.0 Å². The average molecular weight is 306 g/mol. The summed E-state index contributed by atoms with van der Waals surface area (Å²) in [5.74, 6) is 0.624. The van der Waals surface area contributed by atoms with Gasteiger partial charge in [-0.1, -0.05) is 6.92 Å². The molecule has 0 bridgehead atoms. The summed E-state index contributed by atoms with van der Waals surface area (Å²) in [5, 5.41) is 9.87. The number of fused-ring (bicyclic) bond motifs is 1. The fourth-order valence-electron chi connectivity index (χ4n) is 2.95. The first-order chi connectivity index (χ1) is 10.7. The number of aliphatic hydroxyl groups excluding tert-OH is 1. The Morgan fingerprint density at radius 1 is 1.59 bits per heavy atom. The third-order valence-corrected chi connectivity index (χ3v) is 3.90. The van der Waals surface area contributed by atoms with Gasteiger partial charge in [0, 0.05) is 17.7 Å². The topological polar surface area (TPSA) is 98.5 Å². The van der Waals surface area contributed by atoms with Crippen molar-refractivity contribution in [3.05, 3.63) is 18.1 Å². The Bertz CT molecular complexity index is 687. The van der Waals surface area contributed by atoms with Crippen LogP contribution in [-0.2, 0) is 9.57 Å². The van der Waals surface area contributed by atoms with Crippen molar-refractivity contribution in [1.29, 1.82) is 0 Å². The van der Waals surface area contributed by atoms with E-state index in [1.54, 1.807) is 6.20 Å². The Hall–Kier alpha value is -2.03. The van der Waals surface area contributed by atoms with Crippen molar-refractivity contribution in [1.82, 2.24) is 14.5 Å². The summed E-state index contributed by atoms with van der Waals surface area (Å²) < 4.78 is 7.68. The number of hydrogen-bond acceptors (Lipinski definition) is 7. The van der Waals surface area contributed by atoms with Gasteiger partial charge >= 0.3 is 0 Å². The van der Waals surface area contributed by atoms with Crippen LogP contribution in [0.1, 0.15) is 29.9 Å². The molecule has 0 aromatic carbocycles. The van der Waals surface area contributed by atoms with Crippen LogP contribution in [0, 0.1) is 5.92 Å². The molecule has 3 rings (SSSR count). The summed E-state index contributed by atoms with van der Waals surface area (Å²) in [5.41, 5.74) is 3.70. The highest BCUT2D eigenvalue weighted by molar-refractivity contribution is 6.01. The van der Waals surface area contributed by atoms with E-state index in [0.717, 1.165) is 12.7 Å². The second-order valence-electron chi connectivity index (χ2n) is 5.38. The van der Waals surface area contributed by atoms with Gasteiger partial charge in [0.25, 0.3) is 0 Å². The normalized spacial score (nSPS) is 24.8. The first kappa shape index (κ1) is 14.9. The van der Waals surface area contributed by atoms with Crippen LogP contribution in [-0.4, -0.2) is 45.7 Å². The van der Waals surface area contributed by atoms with Crippen LogP contribution in [0.4, 0.5) is 5.82 Å². The quantitative estimate of drug-likeness (QED) is 0.631. The van der Waals surface area contributed by atoms with E-state index < -0.39 is 0 Å². The fraction of sp³-hybridized carbons (Fsp3) is 0.500. The molecule has 8 nitrogen and oxygen atoms in total. The molecule has 3 heterocycles. The smallest absolute Gasteiger partial charge is 0.163 e. The maximum absolute atomic E-state index is 11.4. The molecule has 118 valence electrons. The molecular formula is C14H18N4O4. The number of aliphatic hydroxyl groups is 1. The lowest BCUT2D eigenvalue weighted by atomic mass is 10.1. The molecule has 0 radical (unpaired) electrons. The minimum absolute atomic E-state index is 0.0218. The van der Waals surface area contributed by atoms with Gasteiger partial charge in [0.2, 0.25) is 0 Å². The zero-order chi connectivity index (χ0) is 15.7. The number of nitrogens with one attached hydrogen (secondary N) is 1. The summed E-state index contributed by atoms with van der Waals surface area (Å²) in [6, 6.07) is 0. The van der Waals surface area contributed by atoms with Crippen molar-refractivity contribution < 1.29 is 19.5 Å². The van der Waals surface area contributed by atoms with Crippen molar-refractivity contribution >= 4 is 23.1 Å². The Kier molecular flexibility index (Phi) is 4.06. The molecule has 1 aliphatic rings. The summed E-state index contributed by atoms with van der Waals surface area (Å²) in [6.45, 7) is 2.02. The number of carbonyl (C=O) groups is 1. The van der Waals surface area contributed by atoms with Gasteiger partial charge in [-0.2, -0.15) is 0 Å². The number of ether oxygens (including phenoxy) is 1. The van der Waals surface area contributed by atoms with Crippen LogP contribution in [0.15, 0.2) is 12.5 Å². The SMILES string of the molecule is CONc1ncnc2c1c(C=O)cn2[C@@H]1O[C@H](CO)C[C@@H]1C. The maximum Gasteiger partial charge on any atom is 0.163 e. The lowest BCUT2D eigenvalue weighted by Gasteiger charge is -2.18. The van der Waals surface area contributed by atoms with Gasteiger partial charge in [-0.15, -0.1) is 0 Å². The van der Waals surface area contributed by atoms with Crippen LogP contribution in [0.5, 0.6) is 0 Å². The molecule has 1 aliphatic heterocycles. The van der Waals surface area contributed by atoms with E-state index in [2.05, 4.69) is 15.4 Å². The van der Waals surface area contributed by atoms with Crippen LogP contribution < -0.4 is 5.48 Å². The summed E-state index contributed by atoms with van der Waals surface area (Å²) in [4.78, 5) is 24.7. The van der Waals surface area contributed by atoms with Gasteiger partial charge in [0.1, 0.15) is 18.2 Å². The van der Waals surface area contributed by atoms with Gasteiger partial charge < -0.3 is 14.4 Å². The molecule has 3 atom stereocenters. The van der Waals surface area contributed by atoms with Gasteiger partial charge in [0.05, 0.1) is 25.2 Å². The molecule has 0 unspecified atom stereocenters. The predicted octanol–water partition coefficient (Wildman–Crippen LogP) is 1.13. The summed E-state index contributed by atoms with van der Waals surface area (Å²) >= 11 is 0. The van der Waals surface area contributed by atoms with Gasteiger partial charge in [-0.3, -0.25) is 9.63 Å². The van der Waals surface area contributed by atoms with E-state index in [0.29, 0.717) is 22.4 Å². The van der Waals surface area contributed by atoms with Crippen molar-refractivity contribution in [2.45, 2.75) is 25.7 Å². The highest BCUT2D eigenvalue weighted by atomic mass is 16.6. The second kappa shape index (κ2) is 5.99. The van der Waals surface area contributed by atoms with Crippen LogP contribution >= 0.6 is 0 Å². The third kappa shape index (κ3) is 2.35. The molecule has 0 aliphatic carbocycles. The zero-order valence-electron chi connectivity index (χ0n) is 12.4. The van der Waals surface area contributed by atoms with Gasteiger partial charge in [0.15, 0.2) is 12.1 Å². The van der Waals surface area contributed by atoms with Crippen LogP contribution in [0.2, 0.25) is 0 Å². The maximum atomic E-state index is 11.4. The summed E-state index contributed by atoms with van der Waals surface area (Å²) in [6.07, 6.45) is 4.14. The standard InChI is InChI=1S/C14H18N4O4/c1-8-3-10(6-20)22-14(8)18-4-9(5-19)11-12(17-21-2)15-7-16-13(11)18/h4-5,7-8,10,14,20H,3,6H2,1-2H3,(H,15,16,17)/t8-,10-,14+/m0/s1. The van der Waals surface area contributed by atoms with Gasteiger partial charge in [-0.25, -0.2) is 15.4 Å². The molecular weight excluding hydrogens is 288 g/mol. The molecule has 8 heteroatoms. The van der Waals surface area contributed by atoms with E-state index in [1.807, 2.05) is 11.5 Å². The van der Waals surface area contributed by atoms with E-state index in [1.165, 1.54) is 13.4 Å². The average Bonchev–Trinajstić information content (AvgIpc) is 3.08. The number of rotatable bonds is 5. The Morgan fingerprint density at radius 2 is 2.41 bits per heavy atom. The van der Waals surface area contributed by atoms with E-state index >= 15 is 0 Å². The number of aldehydes is 1. The molecule has 1 fully saturated rings. The number of anilines is 1. The van der Waals surface area contributed by atoms with Gasteiger partial charge in [-0.05, 0) is 6.42 Å². The predicted molar refractivity (Wildman–Crippen MR) is 78.3 cm³/mol. The van der Waals surface area contributed by atoms with Crippen molar-refractivity contribution in [3.8, 4) is 0 Å². The Balaban J connectivity index is 2.11. The summed E-state index contributed by atoms with van der Waals surface area (Å²) in [7, 11) is 1.47. The lowest BCUT2D eigenvalue weighted by Crippen LogP contribution is -2.15. The monoisotopic (exact) mass is 306 g/mol. The Morgan fingerprint density at radius 3 is 3.05 bits per heavy atom. The van der Waals surface area contributed by atoms with Crippen molar-refractivity contribution in [3.63, 3.8) is 0 Å². The Labute approximate surface area is 127 Å². The number of hydrogen-bond donors (Lipinski definition) is 2. The molecule has 0 amide bonds. The molecule has 2 N–H and O–H groups in total. The molecule has 22 heavy (non-hydrogen) atoms. The molecule has 2 aromatic rings. The molecule has 0 spiro atoms. The van der Waals surface area contributed by atoms with Crippen molar-refractivity contribution in [2.24, 2.45) is 5.92 Å². The number of aromatic nitrogens is 3. The van der Waals surface area contributed by atoms with E-state index in [9.17, 15) is 9.90 Å². The first-order valence-corrected chi connectivity index (χ1v) is 7.05. The highest BCUT2D eigenvalue weighted by Gasteiger charge is 2.34.